The molecular formula is C13H24N2O3. The predicted octanol–water partition coefficient (Wildman–Crippen LogP) is 0.127. The van der Waals surface area contributed by atoms with Gasteiger partial charge in [0.1, 0.15) is 0 Å². The third-order valence-electron chi connectivity index (χ3n) is 3.85. The van der Waals surface area contributed by atoms with Crippen LogP contribution >= 0.6 is 0 Å². The molecule has 3 unspecified atom stereocenters. The third kappa shape index (κ3) is 3.22. The van der Waals surface area contributed by atoms with E-state index in [0.29, 0.717) is 13.2 Å². The number of hydrogen-bond acceptors (Lipinski definition) is 4. The molecule has 2 heterocycles. The van der Waals surface area contributed by atoms with Crippen molar-refractivity contribution in [3.63, 3.8) is 0 Å². The number of nitrogens with one attached hydrogen (secondary N) is 1. The molecule has 0 saturated carbocycles. The zero-order valence-electron chi connectivity index (χ0n) is 11.1. The Kier molecular flexibility index (Phi) is 4.97. The lowest BCUT2D eigenvalue weighted by molar-refractivity contribution is -0.148. The minimum absolute atomic E-state index is 0.0193. The van der Waals surface area contributed by atoms with Crippen molar-refractivity contribution in [1.82, 2.24) is 10.2 Å². The van der Waals surface area contributed by atoms with E-state index in [1.807, 2.05) is 11.8 Å². The Morgan fingerprint density at radius 1 is 1.44 bits per heavy atom. The fourth-order valence-corrected chi connectivity index (χ4v) is 2.67. The number of carbonyl (C=O) groups is 1. The zero-order valence-corrected chi connectivity index (χ0v) is 11.1. The lowest BCUT2D eigenvalue weighted by Crippen LogP contribution is -2.56. The summed E-state index contributed by atoms with van der Waals surface area (Å²) >= 11 is 0. The van der Waals surface area contributed by atoms with Gasteiger partial charge in [0.05, 0.1) is 31.4 Å². The maximum Gasteiger partial charge on any atom is 0.240 e. The van der Waals surface area contributed by atoms with Gasteiger partial charge in [0, 0.05) is 6.54 Å². The molecule has 2 N–H and O–H groups in total. The maximum atomic E-state index is 12.5. The molecule has 104 valence electrons. The van der Waals surface area contributed by atoms with Gasteiger partial charge in [0.2, 0.25) is 5.91 Å². The minimum atomic E-state index is -0.226. The van der Waals surface area contributed by atoms with Crippen LogP contribution in [-0.2, 0) is 9.53 Å². The second-order valence-corrected chi connectivity index (χ2v) is 5.33. The molecule has 18 heavy (non-hydrogen) atoms. The highest BCUT2D eigenvalue weighted by Crippen LogP contribution is 2.16. The molecule has 1 amide bonds. The van der Waals surface area contributed by atoms with Gasteiger partial charge in [0.15, 0.2) is 0 Å². The summed E-state index contributed by atoms with van der Waals surface area (Å²) in [6, 6.07) is 0.0535. The van der Waals surface area contributed by atoms with Crippen molar-refractivity contribution in [3.05, 3.63) is 0 Å². The van der Waals surface area contributed by atoms with Crippen molar-refractivity contribution in [2.75, 3.05) is 26.3 Å². The first-order chi connectivity index (χ1) is 8.72. The molecule has 0 aromatic rings. The molecule has 2 fully saturated rings. The number of nitrogens with zero attached hydrogens (tertiary/aromatic N) is 1. The van der Waals surface area contributed by atoms with E-state index in [1.54, 1.807) is 0 Å². The van der Waals surface area contributed by atoms with Crippen LogP contribution in [-0.4, -0.2) is 60.4 Å². The highest BCUT2D eigenvalue weighted by atomic mass is 16.5. The van der Waals surface area contributed by atoms with Crippen LogP contribution < -0.4 is 5.32 Å². The van der Waals surface area contributed by atoms with Gasteiger partial charge in [-0.15, -0.1) is 0 Å². The van der Waals surface area contributed by atoms with Crippen LogP contribution in [0.5, 0.6) is 0 Å². The number of ether oxygens (including phenoxy) is 1. The molecule has 2 rings (SSSR count). The van der Waals surface area contributed by atoms with Crippen molar-refractivity contribution in [3.8, 4) is 0 Å². The largest absolute Gasteiger partial charge is 0.394 e. The smallest absolute Gasteiger partial charge is 0.240 e. The van der Waals surface area contributed by atoms with Gasteiger partial charge >= 0.3 is 0 Å². The summed E-state index contributed by atoms with van der Waals surface area (Å²) in [5, 5.41) is 12.5. The second-order valence-electron chi connectivity index (χ2n) is 5.33. The molecular weight excluding hydrogens is 232 g/mol. The van der Waals surface area contributed by atoms with Crippen molar-refractivity contribution >= 4 is 5.91 Å². The van der Waals surface area contributed by atoms with Crippen LogP contribution in [0.15, 0.2) is 0 Å². The van der Waals surface area contributed by atoms with Crippen molar-refractivity contribution in [2.24, 2.45) is 0 Å². The number of morpholine rings is 1. The first kappa shape index (κ1) is 13.8. The van der Waals surface area contributed by atoms with E-state index in [4.69, 9.17) is 9.84 Å². The Balaban J connectivity index is 1.96. The molecule has 2 saturated heterocycles. The molecule has 0 aromatic heterocycles. The van der Waals surface area contributed by atoms with Gasteiger partial charge in [-0.2, -0.15) is 0 Å². The molecule has 5 heteroatoms. The van der Waals surface area contributed by atoms with Crippen molar-refractivity contribution < 1.29 is 14.6 Å². The Morgan fingerprint density at radius 3 is 3.06 bits per heavy atom. The topological polar surface area (TPSA) is 61.8 Å². The standard InChI is InChI=1S/C13H24N2O3/c1-10-9-18-11(8-16)7-15(10)13(17)12-5-3-2-4-6-14-12/h10-12,14,16H,2-9H2,1H3. The normalized spacial score (nSPS) is 34.1. The Labute approximate surface area is 108 Å². The number of aliphatic hydroxyl groups excluding tert-OH is 1. The molecule has 3 atom stereocenters. The van der Waals surface area contributed by atoms with E-state index in [-0.39, 0.29) is 30.7 Å². The lowest BCUT2D eigenvalue weighted by Gasteiger charge is -2.39. The van der Waals surface area contributed by atoms with Crippen LogP contribution in [0.2, 0.25) is 0 Å². The molecule has 0 aliphatic carbocycles. The third-order valence-corrected chi connectivity index (χ3v) is 3.85. The van der Waals surface area contributed by atoms with Gasteiger partial charge in [0.25, 0.3) is 0 Å². The average molecular weight is 256 g/mol. The number of aliphatic hydroxyl groups is 1. The summed E-state index contributed by atoms with van der Waals surface area (Å²) in [6.07, 6.45) is 4.17. The fraction of sp³-hybridized carbons (Fsp3) is 0.923. The van der Waals surface area contributed by atoms with E-state index < -0.39 is 0 Å². The number of hydrogen-bond donors (Lipinski definition) is 2. The van der Waals surface area contributed by atoms with Gasteiger partial charge in [-0.3, -0.25) is 4.79 Å². The SMILES string of the molecule is CC1COC(CO)CN1C(=O)C1CCCCCN1. The monoisotopic (exact) mass is 256 g/mol. The average Bonchev–Trinajstić information content (AvgIpc) is 2.67. The molecule has 0 bridgehead atoms. The van der Waals surface area contributed by atoms with E-state index in [0.717, 1.165) is 25.8 Å². The predicted molar refractivity (Wildman–Crippen MR) is 68.3 cm³/mol. The molecule has 0 spiro atoms. The summed E-state index contributed by atoms with van der Waals surface area (Å²) < 4.78 is 5.47. The Hall–Kier alpha value is -0.650. The van der Waals surface area contributed by atoms with Crippen LogP contribution in [0, 0.1) is 0 Å². The van der Waals surface area contributed by atoms with Crippen LogP contribution in [0.1, 0.15) is 32.6 Å². The van der Waals surface area contributed by atoms with E-state index >= 15 is 0 Å². The fourth-order valence-electron chi connectivity index (χ4n) is 2.67. The zero-order chi connectivity index (χ0) is 13.0. The first-order valence-electron chi connectivity index (χ1n) is 6.98. The molecule has 0 aromatic carbocycles. The van der Waals surface area contributed by atoms with E-state index in [9.17, 15) is 4.79 Å². The molecule has 0 radical (unpaired) electrons. The summed E-state index contributed by atoms with van der Waals surface area (Å²) in [6.45, 7) is 3.94. The summed E-state index contributed by atoms with van der Waals surface area (Å²) in [4.78, 5) is 14.4. The summed E-state index contributed by atoms with van der Waals surface area (Å²) in [7, 11) is 0. The van der Waals surface area contributed by atoms with E-state index in [1.165, 1.54) is 6.42 Å². The minimum Gasteiger partial charge on any atom is -0.394 e. The Morgan fingerprint density at radius 2 is 2.28 bits per heavy atom. The molecule has 2 aliphatic rings. The molecule has 5 nitrogen and oxygen atoms in total. The van der Waals surface area contributed by atoms with Crippen LogP contribution in [0.3, 0.4) is 0 Å². The van der Waals surface area contributed by atoms with Crippen molar-refractivity contribution in [2.45, 2.75) is 50.8 Å². The Bertz CT molecular complexity index is 277. The van der Waals surface area contributed by atoms with Crippen LogP contribution in [0.25, 0.3) is 0 Å². The summed E-state index contributed by atoms with van der Waals surface area (Å²) in [5.74, 6) is 0.172. The summed E-state index contributed by atoms with van der Waals surface area (Å²) in [5.41, 5.74) is 0. The van der Waals surface area contributed by atoms with Gasteiger partial charge in [-0.25, -0.2) is 0 Å². The van der Waals surface area contributed by atoms with Gasteiger partial charge in [-0.1, -0.05) is 12.8 Å². The highest BCUT2D eigenvalue weighted by molar-refractivity contribution is 5.82. The number of amides is 1. The van der Waals surface area contributed by atoms with Crippen LogP contribution in [0.4, 0.5) is 0 Å². The van der Waals surface area contributed by atoms with Gasteiger partial charge < -0.3 is 20.1 Å². The van der Waals surface area contributed by atoms with Gasteiger partial charge in [-0.05, 0) is 26.3 Å². The van der Waals surface area contributed by atoms with E-state index in [2.05, 4.69) is 5.32 Å². The first-order valence-corrected chi connectivity index (χ1v) is 6.98. The quantitative estimate of drug-likeness (QED) is 0.737. The highest BCUT2D eigenvalue weighted by Gasteiger charge is 2.33. The number of carbonyl (C=O) groups excluding carboxylic acids is 1. The second kappa shape index (κ2) is 6.50. The maximum absolute atomic E-state index is 12.5. The number of rotatable bonds is 2. The van der Waals surface area contributed by atoms with Crippen molar-refractivity contribution in [1.29, 1.82) is 0 Å². The lowest BCUT2D eigenvalue weighted by atomic mass is 10.1. The molecule has 2 aliphatic heterocycles.